The maximum Gasteiger partial charge on any atom is 0.349 e. The van der Waals surface area contributed by atoms with Crippen molar-refractivity contribution in [3.8, 4) is 0 Å². The third kappa shape index (κ3) is 2.73. The first kappa shape index (κ1) is 12.7. The third-order valence-corrected chi connectivity index (χ3v) is 3.42. The minimum atomic E-state index is -0.325. The Labute approximate surface area is 109 Å². The summed E-state index contributed by atoms with van der Waals surface area (Å²) in [4.78, 5) is 12.4. The highest BCUT2D eigenvalue weighted by Crippen LogP contribution is 2.17. The molecule has 18 heavy (non-hydrogen) atoms. The minimum absolute atomic E-state index is 0.100. The van der Waals surface area contributed by atoms with Crippen LogP contribution < -0.4 is 0 Å². The predicted octanol–water partition coefficient (Wildman–Crippen LogP) is 1.81. The van der Waals surface area contributed by atoms with Gasteiger partial charge in [0.05, 0.1) is 0 Å². The Morgan fingerprint density at radius 2 is 2.39 bits per heavy atom. The molecule has 2 aromatic rings. The average Bonchev–Trinajstić information content (AvgIpc) is 2.96. The standard InChI is InChI=1S/C11H14N4O2S/c1-3-5-15-9(12-13-14-15)7-17-11(16)10-8(2)4-6-18-10/h4,6H,3,5,7H2,1-2H3. The van der Waals surface area contributed by atoms with Crippen LogP contribution in [0.25, 0.3) is 0 Å². The average molecular weight is 266 g/mol. The Hall–Kier alpha value is -1.76. The molecule has 6 nitrogen and oxygen atoms in total. The largest absolute Gasteiger partial charge is 0.453 e. The fraction of sp³-hybridized carbons (Fsp3) is 0.455. The molecule has 0 amide bonds. The lowest BCUT2D eigenvalue weighted by Gasteiger charge is -2.04. The van der Waals surface area contributed by atoms with E-state index in [1.165, 1.54) is 11.3 Å². The molecule has 0 atom stereocenters. The topological polar surface area (TPSA) is 69.9 Å². The fourth-order valence-corrected chi connectivity index (χ4v) is 2.31. The summed E-state index contributed by atoms with van der Waals surface area (Å²) < 4.78 is 6.85. The molecule has 2 rings (SSSR count). The van der Waals surface area contributed by atoms with E-state index in [0.29, 0.717) is 10.7 Å². The quantitative estimate of drug-likeness (QED) is 0.772. The number of esters is 1. The summed E-state index contributed by atoms with van der Waals surface area (Å²) in [5.41, 5.74) is 0.929. The maximum atomic E-state index is 11.8. The van der Waals surface area contributed by atoms with Gasteiger partial charge in [-0.15, -0.1) is 16.4 Å². The van der Waals surface area contributed by atoms with Gasteiger partial charge in [0.15, 0.2) is 12.4 Å². The van der Waals surface area contributed by atoms with Crippen LogP contribution in [-0.4, -0.2) is 26.2 Å². The number of nitrogens with zero attached hydrogens (tertiary/aromatic N) is 4. The van der Waals surface area contributed by atoms with E-state index in [2.05, 4.69) is 15.5 Å². The van der Waals surface area contributed by atoms with Gasteiger partial charge < -0.3 is 4.74 Å². The number of ether oxygens (including phenoxy) is 1. The Kier molecular flexibility index (Phi) is 4.03. The van der Waals surface area contributed by atoms with Crippen molar-refractivity contribution in [3.05, 3.63) is 27.7 Å². The molecular weight excluding hydrogens is 252 g/mol. The van der Waals surface area contributed by atoms with Crippen molar-refractivity contribution < 1.29 is 9.53 Å². The monoisotopic (exact) mass is 266 g/mol. The first-order chi connectivity index (χ1) is 8.72. The van der Waals surface area contributed by atoms with E-state index in [1.54, 1.807) is 4.68 Å². The summed E-state index contributed by atoms with van der Waals surface area (Å²) in [5.74, 6) is 0.243. The second-order valence-corrected chi connectivity index (χ2v) is 4.74. The zero-order chi connectivity index (χ0) is 13.0. The van der Waals surface area contributed by atoms with Crippen molar-refractivity contribution >= 4 is 17.3 Å². The minimum Gasteiger partial charge on any atom is -0.453 e. The maximum absolute atomic E-state index is 11.8. The lowest BCUT2D eigenvalue weighted by Crippen LogP contribution is -2.10. The molecule has 0 spiro atoms. The molecule has 0 unspecified atom stereocenters. The molecule has 2 heterocycles. The Bertz CT molecular complexity index is 535. The van der Waals surface area contributed by atoms with E-state index >= 15 is 0 Å². The number of carbonyl (C=O) groups is 1. The first-order valence-electron chi connectivity index (χ1n) is 5.68. The number of tetrazole rings is 1. The summed E-state index contributed by atoms with van der Waals surface area (Å²) in [6.45, 7) is 4.74. The molecule has 0 bridgehead atoms. The molecule has 2 aromatic heterocycles. The second-order valence-electron chi connectivity index (χ2n) is 3.83. The van der Waals surface area contributed by atoms with E-state index < -0.39 is 0 Å². The van der Waals surface area contributed by atoms with Crippen molar-refractivity contribution in [2.24, 2.45) is 0 Å². The number of aromatic nitrogens is 4. The fourth-order valence-electron chi connectivity index (χ4n) is 1.49. The van der Waals surface area contributed by atoms with Gasteiger partial charge in [-0.25, -0.2) is 9.48 Å². The number of aryl methyl sites for hydroxylation is 2. The highest BCUT2D eigenvalue weighted by molar-refractivity contribution is 7.12. The van der Waals surface area contributed by atoms with Crippen molar-refractivity contribution in [2.75, 3.05) is 0 Å². The molecular formula is C11H14N4O2S. The summed E-state index contributed by atoms with van der Waals surface area (Å²) in [6, 6.07) is 1.89. The van der Waals surface area contributed by atoms with Gasteiger partial charge in [0.1, 0.15) is 4.88 Å². The number of rotatable bonds is 5. The Morgan fingerprint density at radius 3 is 3.06 bits per heavy atom. The van der Waals surface area contributed by atoms with Crippen LogP contribution in [0, 0.1) is 6.92 Å². The van der Waals surface area contributed by atoms with Gasteiger partial charge in [0.25, 0.3) is 0 Å². The van der Waals surface area contributed by atoms with Crippen LogP contribution in [-0.2, 0) is 17.9 Å². The summed E-state index contributed by atoms with van der Waals surface area (Å²) in [5, 5.41) is 13.1. The highest BCUT2D eigenvalue weighted by atomic mass is 32.1. The van der Waals surface area contributed by atoms with Gasteiger partial charge in [-0.05, 0) is 40.8 Å². The SMILES string of the molecule is CCCn1nnnc1COC(=O)c1sccc1C. The van der Waals surface area contributed by atoms with E-state index in [0.717, 1.165) is 18.5 Å². The lowest BCUT2D eigenvalue weighted by atomic mass is 10.3. The van der Waals surface area contributed by atoms with Gasteiger partial charge in [-0.2, -0.15) is 0 Å². The van der Waals surface area contributed by atoms with Gasteiger partial charge in [0, 0.05) is 6.54 Å². The van der Waals surface area contributed by atoms with E-state index in [9.17, 15) is 4.79 Å². The molecule has 0 radical (unpaired) electrons. The van der Waals surface area contributed by atoms with E-state index in [-0.39, 0.29) is 12.6 Å². The van der Waals surface area contributed by atoms with Crippen LogP contribution in [0.5, 0.6) is 0 Å². The number of hydrogen-bond acceptors (Lipinski definition) is 6. The Balaban J connectivity index is 1.97. The van der Waals surface area contributed by atoms with Crippen molar-refractivity contribution in [1.82, 2.24) is 20.2 Å². The molecule has 0 saturated carbocycles. The van der Waals surface area contributed by atoms with Crippen molar-refractivity contribution in [1.29, 1.82) is 0 Å². The van der Waals surface area contributed by atoms with Crippen LogP contribution >= 0.6 is 11.3 Å². The molecule has 0 aliphatic carbocycles. The van der Waals surface area contributed by atoms with Crippen molar-refractivity contribution in [3.63, 3.8) is 0 Å². The van der Waals surface area contributed by atoms with Gasteiger partial charge in [-0.1, -0.05) is 6.92 Å². The molecule has 96 valence electrons. The van der Waals surface area contributed by atoms with Gasteiger partial charge >= 0.3 is 5.97 Å². The summed E-state index contributed by atoms with van der Waals surface area (Å²) >= 11 is 1.38. The molecule has 0 saturated heterocycles. The number of thiophene rings is 1. The molecule has 0 N–H and O–H groups in total. The highest BCUT2D eigenvalue weighted by Gasteiger charge is 2.14. The van der Waals surface area contributed by atoms with E-state index in [1.807, 2.05) is 25.3 Å². The molecule has 7 heteroatoms. The van der Waals surface area contributed by atoms with Crippen LogP contribution in [0.3, 0.4) is 0 Å². The van der Waals surface area contributed by atoms with Crippen LogP contribution in [0.4, 0.5) is 0 Å². The lowest BCUT2D eigenvalue weighted by molar-refractivity contribution is 0.0461. The summed E-state index contributed by atoms with van der Waals surface area (Å²) in [7, 11) is 0. The number of carbonyl (C=O) groups excluding carboxylic acids is 1. The number of hydrogen-bond donors (Lipinski definition) is 0. The predicted molar refractivity (Wildman–Crippen MR) is 66.3 cm³/mol. The van der Waals surface area contributed by atoms with Gasteiger partial charge in [-0.3, -0.25) is 0 Å². The van der Waals surface area contributed by atoms with Crippen LogP contribution in [0.2, 0.25) is 0 Å². The smallest absolute Gasteiger partial charge is 0.349 e. The Morgan fingerprint density at radius 1 is 1.56 bits per heavy atom. The molecule has 0 aliphatic rings. The molecule has 0 aliphatic heterocycles. The molecule has 0 fully saturated rings. The van der Waals surface area contributed by atoms with Crippen LogP contribution in [0.1, 0.15) is 34.4 Å². The zero-order valence-corrected chi connectivity index (χ0v) is 11.1. The normalized spacial score (nSPS) is 10.6. The molecule has 0 aromatic carbocycles. The third-order valence-electron chi connectivity index (χ3n) is 2.42. The first-order valence-corrected chi connectivity index (χ1v) is 6.56. The van der Waals surface area contributed by atoms with Crippen LogP contribution in [0.15, 0.2) is 11.4 Å². The van der Waals surface area contributed by atoms with Gasteiger partial charge in [0.2, 0.25) is 0 Å². The zero-order valence-electron chi connectivity index (χ0n) is 10.3. The summed E-state index contributed by atoms with van der Waals surface area (Å²) in [6.07, 6.45) is 0.927. The van der Waals surface area contributed by atoms with E-state index in [4.69, 9.17) is 4.74 Å². The second kappa shape index (κ2) is 5.72. The van der Waals surface area contributed by atoms with Crippen molar-refractivity contribution in [2.45, 2.75) is 33.4 Å².